The van der Waals surface area contributed by atoms with Crippen LogP contribution in [0.2, 0.25) is 0 Å². The van der Waals surface area contributed by atoms with E-state index in [2.05, 4.69) is 15.3 Å². The summed E-state index contributed by atoms with van der Waals surface area (Å²) in [5, 5.41) is 21.4. The van der Waals surface area contributed by atoms with Crippen molar-refractivity contribution >= 4 is 28.6 Å². The molecule has 29 heavy (non-hydrogen) atoms. The van der Waals surface area contributed by atoms with Gasteiger partial charge >= 0.3 is 5.97 Å². The Bertz CT molecular complexity index is 1130. The lowest BCUT2D eigenvalue weighted by molar-refractivity contribution is -0.135. The van der Waals surface area contributed by atoms with Crippen molar-refractivity contribution in [2.75, 3.05) is 13.7 Å². The Labute approximate surface area is 165 Å². The monoisotopic (exact) mass is 395 g/mol. The Kier molecular flexibility index (Phi) is 5.40. The highest BCUT2D eigenvalue weighted by Gasteiger charge is 2.20. The van der Waals surface area contributed by atoms with E-state index in [-0.39, 0.29) is 28.1 Å². The van der Waals surface area contributed by atoms with Crippen LogP contribution < -0.4 is 10.1 Å². The molecule has 0 aliphatic heterocycles. The van der Waals surface area contributed by atoms with Gasteiger partial charge in [0.25, 0.3) is 5.91 Å². The highest BCUT2D eigenvalue weighted by atomic mass is 16.5. The maximum atomic E-state index is 12.7. The van der Waals surface area contributed by atoms with E-state index in [1.807, 2.05) is 0 Å². The average molecular weight is 395 g/mol. The van der Waals surface area contributed by atoms with Crippen molar-refractivity contribution in [3.63, 3.8) is 0 Å². The zero-order valence-corrected chi connectivity index (χ0v) is 15.6. The zero-order valence-electron chi connectivity index (χ0n) is 15.6. The number of hydrogen-bond acceptors (Lipinski definition) is 7. The first-order chi connectivity index (χ1) is 13.8. The molecule has 0 aliphatic carbocycles. The summed E-state index contributed by atoms with van der Waals surface area (Å²) in [5.74, 6) is -2.19. The molecule has 0 unspecified atom stereocenters. The van der Waals surface area contributed by atoms with E-state index < -0.39 is 24.2 Å². The summed E-state index contributed by atoms with van der Waals surface area (Å²) in [7, 11) is 1.53. The van der Waals surface area contributed by atoms with Gasteiger partial charge in [-0.1, -0.05) is 0 Å². The van der Waals surface area contributed by atoms with Gasteiger partial charge in [-0.25, -0.2) is 9.97 Å². The fourth-order valence-electron chi connectivity index (χ4n) is 2.74. The van der Waals surface area contributed by atoms with Crippen LogP contribution in [0.5, 0.6) is 11.5 Å². The maximum Gasteiger partial charge on any atom is 0.322 e. The van der Waals surface area contributed by atoms with E-state index in [0.29, 0.717) is 17.0 Å². The fourth-order valence-corrected chi connectivity index (χ4v) is 2.74. The number of benzene rings is 1. The van der Waals surface area contributed by atoms with Crippen LogP contribution in [0.4, 0.5) is 0 Å². The minimum atomic E-state index is -1.22. The molecule has 0 spiro atoms. The summed E-state index contributed by atoms with van der Waals surface area (Å²) in [6.45, 7) is 0.967. The molecule has 3 rings (SSSR count). The van der Waals surface area contributed by atoms with Gasteiger partial charge in [0.2, 0.25) is 5.78 Å². The highest BCUT2D eigenvalue weighted by Crippen LogP contribution is 2.29. The third-order valence-corrected chi connectivity index (χ3v) is 4.20. The van der Waals surface area contributed by atoms with Crippen molar-refractivity contribution < 1.29 is 29.3 Å². The number of ketones is 1. The van der Waals surface area contributed by atoms with Crippen molar-refractivity contribution in [3.8, 4) is 11.5 Å². The smallest absolute Gasteiger partial charge is 0.322 e. The quantitative estimate of drug-likeness (QED) is 0.536. The Balaban J connectivity index is 1.98. The molecule has 3 N–H and O–H groups in total. The molecule has 0 fully saturated rings. The van der Waals surface area contributed by atoms with Crippen LogP contribution in [0.3, 0.4) is 0 Å². The number of hydrogen-bond donors (Lipinski definition) is 3. The van der Waals surface area contributed by atoms with Gasteiger partial charge in [0.15, 0.2) is 11.4 Å². The number of carboxylic acid groups (broad SMARTS) is 1. The lowest BCUT2D eigenvalue weighted by Crippen LogP contribution is -2.30. The number of nitrogens with zero attached hydrogens (tertiary/aromatic N) is 2. The van der Waals surface area contributed by atoms with E-state index in [1.165, 1.54) is 19.2 Å². The minimum Gasteiger partial charge on any atom is -0.505 e. The molecular weight excluding hydrogens is 378 g/mol. The molecule has 0 bridgehead atoms. The van der Waals surface area contributed by atoms with E-state index in [1.54, 1.807) is 31.2 Å². The molecular formula is C20H17N3O6. The van der Waals surface area contributed by atoms with E-state index in [9.17, 15) is 19.5 Å². The summed E-state index contributed by atoms with van der Waals surface area (Å²) in [6, 6.07) is 9.46. The lowest BCUT2D eigenvalue weighted by Gasteiger charge is -2.10. The van der Waals surface area contributed by atoms with E-state index in [4.69, 9.17) is 9.84 Å². The number of ether oxygens (including phenoxy) is 1. The number of fused-ring (bicyclic) bond motifs is 1. The number of aromatic nitrogens is 2. The van der Waals surface area contributed by atoms with Crippen LogP contribution in [0.25, 0.3) is 10.9 Å². The second-order valence-corrected chi connectivity index (χ2v) is 6.12. The molecule has 0 aliphatic rings. The van der Waals surface area contributed by atoms with Gasteiger partial charge in [0.1, 0.15) is 18.0 Å². The molecule has 9 nitrogen and oxygen atoms in total. The molecule has 0 saturated carbocycles. The number of aliphatic carboxylic acids is 1. The minimum absolute atomic E-state index is 0.148. The van der Waals surface area contributed by atoms with Crippen LogP contribution >= 0.6 is 0 Å². The fraction of sp³-hybridized carbons (Fsp3) is 0.150. The number of aromatic hydroxyl groups is 1. The Morgan fingerprint density at radius 2 is 1.76 bits per heavy atom. The molecule has 2 aromatic heterocycles. The van der Waals surface area contributed by atoms with Gasteiger partial charge in [-0.3, -0.25) is 14.4 Å². The largest absolute Gasteiger partial charge is 0.505 e. The van der Waals surface area contributed by atoms with Crippen molar-refractivity contribution in [1.82, 2.24) is 15.3 Å². The molecule has 148 valence electrons. The van der Waals surface area contributed by atoms with Crippen molar-refractivity contribution in [2.24, 2.45) is 0 Å². The summed E-state index contributed by atoms with van der Waals surface area (Å²) in [6.07, 6.45) is 0. The van der Waals surface area contributed by atoms with Crippen LogP contribution in [-0.2, 0) is 4.79 Å². The Morgan fingerprint density at radius 1 is 1.07 bits per heavy atom. The number of carboxylic acids is 1. The number of aryl methyl sites for hydroxylation is 1. The number of methoxy groups -OCH3 is 1. The molecule has 1 aromatic carbocycles. The number of amides is 1. The second kappa shape index (κ2) is 7.93. The first-order valence-corrected chi connectivity index (χ1v) is 8.51. The predicted molar refractivity (Wildman–Crippen MR) is 102 cm³/mol. The van der Waals surface area contributed by atoms with Crippen molar-refractivity contribution in [1.29, 1.82) is 0 Å². The van der Waals surface area contributed by atoms with E-state index in [0.717, 1.165) is 0 Å². The zero-order chi connectivity index (χ0) is 21.1. The van der Waals surface area contributed by atoms with Crippen LogP contribution in [-0.4, -0.2) is 51.5 Å². The number of nitrogens with one attached hydrogen (secondary N) is 1. The number of carbonyl (C=O) groups is 3. The van der Waals surface area contributed by atoms with Gasteiger partial charge in [-0.15, -0.1) is 0 Å². The Morgan fingerprint density at radius 3 is 2.38 bits per heavy atom. The SMILES string of the molecule is COc1ccc(C(=O)c2ccc3c(O)c(C(=O)NCC(=O)O)nc(C)c3n2)cc1. The van der Waals surface area contributed by atoms with Gasteiger partial charge in [-0.2, -0.15) is 0 Å². The molecule has 1 amide bonds. The number of carbonyl (C=O) groups excluding carboxylic acids is 2. The third-order valence-electron chi connectivity index (χ3n) is 4.20. The first kappa shape index (κ1) is 19.7. The standard InChI is InChI=1S/C20H17N3O6/c1-10-16-13(19(27)17(22-10)20(28)21-9-15(24)25)7-8-14(23-16)18(26)11-3-5-12(29-2)6-4-11/h3-8,27H,9H2,1-2H3,(H,21,28)(H,24,25). The first-order valence-electron chi connectivity index (χ1n) is 8.51. The lowest BCUT2D eigenvalue weighted by atomic mass is 10.1. The summed E-state index contributed by atoms with van der Waals surface area (Å²) in [4.78, 5) is 43.7. The van der Waals surface area contributed by atoms with E-state index >= 15 is 0 Å². The number of pyridine rings is 2. The second-order valence-electron chi connectivity index (χ2n) is 6.12. The molecule has 0 radical (unpaired) electrons. The van der Waals surface area contributed by atoms with Crippen LogP contribution in [0.1, 0.15) is 32.2 Å². The Hall–Kier alpha value is -4.01. The molecule has 0 saturated heterocycles. The molecule has 9 heteroatoms. The van der Waals surface area contributed by atoms with Crippen molar-refractivity contribution in [2.45, 2.75) is 6.92 Å². The van der Waals surface area contributed by atoms with Gasteiger partial charge in [-0.05, 0) is 43.3 Å². The van der Waals surface area contributed by atoms with Crippen molar-refractivity contribution in [3.05, 3.63) is 59.0 Å². The van der Waals surface area contributed by atoms with Gasteiger partial charge in [0.05, 0.1) is 18.3 Å². The maximum absolute atomic E-state index is 12.7. The van der Waals surface area contributed by atoms with Gasteiger partial charge in [0, 0.05) is 10.9 Å². The molecule has 2 heterocycles. The molecule has 3 aromatic rings. The van der Waals surface area contributed by atoms with Crippen LogP contribution in [0.15, 0.2) is 36.4 Å². The molecule has 0 atom stereocenters. The number of rotatable bonds is 6. The third kappa shape index (κ3) is 3.98. The normalized spacial score (nSPS) is 10.6. The van der Waals surface area contributed by atoms with Crippen LogP contribution in [0, 0.1) is 6.92 Å². The predicted octanol–water partition coefficient (Wildman–Crippen LogP) is 1.70. The summed E-state index contributed by atoms with van der Waals surface area (Å²) < 4.78 is 5.07. The highest BCUT2D eigenvalue weighted by molar-refractivity contribution is 6.09. The topological polar surface area (TPSA) is 139 Å². The summed E-state index contributed by atoms with van der Waals surface area (Å²) in [5.41, 5.74) is 0.818. The van der Waals surface area contributed by atoms with Gasteiger partial charge < -0.3 is 20.3 Å². The summed E-state index contributed by atoms with van der Waals surface area (Å²) >= 11 is 0. The average Bonchev–Trinajstić information content (AvgIpc) is 2.73.